The Morgan fingerprint density at radius 2 is 1.84 bits per heavy atom. The van der Waals surface area contributed by atoms with Crippen molar-refractivity contribution in [2.24, 2.45) is 10.4 Å². The molecule has 1 N–H and O–H groups in total. The maximum atomic E-state index is 12.7. The Morgan fingerprint density at radius 3 is 2.55 bits per heavy atom. The molecule has 0 radical (unpaired) electrons. The number of benzene rings is 1. The molecule has 0 amide bonds. The normalized spacial score (nSPS) is 20.5. The summed E-state index contributed by atoms with van der Waals surface area (Å²) in [4.78, 5) is 42.4. The third-order valence-electron chi connectivity index (χ3n) is 7.72. The van der Waals surface area contributed by atoms with Crippen LogP contribution in [0.2, 0.25) is 0 Å². The molecule has 4 aromatic rings. The van der Waals surface area contributed by atoms with E-state index < -0.39 is 22.3 Å². The van der Waals surface area contributed by atoms with Crippen LogP contribution in [0.1, 0.15) is 37.7 Å². The number of carboxylic acids is 1. The largest absolute Gasteiger partial charge is 0.480 e. The predicted molar refractivity (Wildman–Crippen MR) is 148 cm³/mol. The number of fused-ring (bicyclic) bond motifs is 1. The predicted octanol–water partition coefficient (Wildman–Crippen LogP) is 5.22. The fourth-order valence-electron chi connectivity index (χ4n) is 5.75. The first-order valence-corrected chi connectivity index (χ1v) is 13.7. The Balaban J connectivity index is 1.31. The Hall–Kier alpha value is -3.72. The second-order valence-electron chi connectivity index (χ2n) is 9.99. The third-order valence-corrected chi connectivity index (χ3v) is 8.57. The van der Waals surface area contributed by atoms with Gasteiger partial charge in [0.1, 0.15) is 16.2 Å². The standard InChI is InChI=1S/C29H26BrN5O3/c30-24-25(29(26(24)36)11-2-1-3-12-29)33-21(28(37)38)15-18-6-8-20(9-7-18)35-23-10-14-32-17-22(23)34-27(35)19-5-4-13-31-16-19/h4-10,13-14,16-17,21,24H,1-3,11-12,15H2,(H,37,38)/t21-,24?/m0/s1. The lowest BCUT2D eigenvalue weighted by atomic mass is 9.58. The summed E-state index contributed by atoms with van der Waals surface area (Å²) >= 11 is 3.45. The van der Waals surface area contributed by atoms with Crippen LogP contribution in [0.4, 0.5) is 0 Å². The maximum Gasteiger partial charge on any atom is 0.328 e. The van der Waals surface area contributed by atoms with Gasteiger partial charge in [-0.2, -0.15) is 0 Å². The molecule has 2 aliphatic rings. The number of imidazole rings is 1. The Kier molecular flexibility index (Phi) is 6.39. The van der Waals surface area contributed by atoms with Crippen molar-refractivity contribution in [2.75, 3.05) is 0 Å². The molecule has 1 aromatic carbocycles. The zero-order valence-electron chi connectivity index (χ0n) is 20.6. The maximum absolute atomic E-state index is 12.7. The highest BCUT2D eigenvalue weighted by molar-refractivity contribution is 9.10. The number of carbonyl (C=O) groups is 2. The molecule has 2 fully saturated rings. The van der Waals surface area contributed by atoms with Crippen LogP contribution in [0.15, 0.2) is 72.2 Å². The molecule has 38 heavy (non-hydrogen) atoms. The molecule has 8 nitrogen and oxygen atoms in total. The summed E-state index contributed by atoms with van der Waals surface area (Å²) < 4.78 is 2.05. The van der Waals surface area contributed by atoms with Gasteiger partial charge in [-0.1, -0.05) is 47.3 Å². The summed E-state index contributed by atoms with van der Waals surface area (Å²) in [7, 11) is 0. The number of alkyl halides is 1. The molecule has 192 valence electrons. The van der Waals surface area contributed by atoms with Crippen molar-refractivity contribution in [3.8, 4) is 17.1 Å². The van der Waals surface area contributed by atoms with Crippen molar-refractivity contribution >= 4 is 44.4 Å². The van der Waals surface area contributed by atoms with E-state index in [2.05, 4.69) is 35.5 Å². The van der Waals surface area contributed by atoms with Gasteiger partial charge in [-0.3, -0.25) is 24.3 Å². The van der Waals surface area contributed by atoms with E-state index in [4.69, 9.17) is 4.98 Å². The molecule has 1 spiro atoms. The number of hydrogen-bond acceptors (Lipinski definition) is 6. The van der Waals surface area contributed by atoms with Crippen LogP contribution in [-0.4, -0.2) is 53.0 Å². The smallest absolute Gasteiger partial charge is 0.328 e. The number of pyridine rings is 2. The van der Waals surface area contributed by atoms with E-state index >= 15 is 0 Å². The SMILES string of the molecule is O=C(O)[C@H](Cc1ccc(-n2c(-c3cccnc3)nc3cnccc32)cc1)N=C1C(Br)C(=O)C12CCCCC2. The van der Waals surface area contributed by atoms with Crippen LogP contribution in [-0.2, 0) is 16.0 Å². The number of aliphatic imine (C=N–C) groups is 1. The molecular formula is C29H26BrN5O3. The highest BCUT2D eigenvalue weighted by Crippen LogP contribution is 2.49. The van der Waals surface area contributed by atoms with Crippen LogP contribution in [0.5, 0.6) is 0 Å². The lowest BCUT2D eigenvalue weighted by molar-refractivity contribution is -0.138. The van der Waals surface area contributed by atoms with E-state index in [0.29, 0.717) is 5.71 Å². The minimum atomic E-state index is -0.987. The van der Waals surface area contributed by atoms with Crippen LogP contribution >= 0.6 is 15.9 Å². The summed E-state index contributed by atoms with van der Waals surface area (Å²) in [6.45, 7) is 0. The topological polar surface area (TPSA) is 110 Å². The van der Waals surface area contributed by atoms with Crippen molar-refractivity contribution in [3.05, 3.63) is 72.8 Å². The summed E-state index contributed by atoms with van der Waals surface area (Å²) in [6.07, 6.45) is 11.8. The van der Waals surface area contributed by atoms with Gasteiger partial charge >= 0.3 is 5.97 Å². The number of halogens is 1. The molecule has 2 saturated carbocycles. The number of hydrogen-bond donors (Lipinski definition) is 1. The molecule has 0 saturated heterocycles. The van der Waals surface area contributed by atoms with E-state index in [1.54, 1.807) is 24.8 Å². The summed E-state index contributed by atoms with van der Waals surface area (Å²) in [6, 6.07) is 12.6. The van der Waals surface area contributed by atoms with E-state index in [1.165, 1.54) is 0 Å². The minimum Gasteiger partial charge on any atom is -0.480 e. The highest BCUT2D eigenvalue weighted by Gasteiger charge is 2.58. The number of aliphatic carboxylic acids is 1. The van der Waals surface area contributed by atoms with Gasteiger partial charge in [0, 0.05) is 42.0 Å². The van der Waals surface area contributed by atoms with E-state index in [0.717, 1.165) is 65.8 Å². The first kappa shape index (κ1) is 24.6. The number of aromatic nitrogens is 4. The van der Waals surface area contributed by atoms with E-state index in [-0.39, 0.29) is 12.2 Å². The number of carbonyl (C=O) groups excluding carboxylic acids is 1. The van der Waals surface area contributed by atoms with Gasteiger partial charge in [0.05, 0.1) is 17.1 Å². The zero-order valence-corrected chi connectivity index (χ0v) is 22.2. The van der Waals surface area contributed by atoms with Crippen LogP contribution in [0, 0.1) is 5.41 Å². The highest BCUT2D eigenvalue weighted by atomic mass is 79.9. The van der Waals surface area contributed by atoms with Crippen molar-refractivity contribution in [1.29, 1.82) is 0 Å². The van der Waals surface area contributed by atoms with Crippen LogP contribution < -0.4 is 0 Å². The molecule has 2 atom stereocenters. The molecule has 1 unspecified atom stereocenters. The molecule has 3 aromatic heterocycles. The first-order valence-electron chi connectivity index (χ1n) is 12.8. The molecular weight excluding hydrogens is 546 g/mol. The first-order chi connectivity index (χ1) is 18.5. The fraction of sp³-hybridized carbons (Fsp3) is 0.310. The van der Waals surface area contributed by atoms with Gasteiger partial charge in [0.25, 0.3) is 0 Å². The number of ketones is 1. The van der Waals surface area contributed by atoms with Gasteiger partial charge in [0.15, 0.2) is 11.8 Å². The van der Waals surface area contributed by atoms with Crippen molar-refractivity contribution < 1.29 is 14.7 Å². The van der Waals surface area contributed by atoms with Gasteiger partial charge in [-0.15, -0.1) is 0 Å². The van der Waals surface area contributed by atoms with Gasteiger partial charge < -0.3 is 5.11 Å². The van der Waals surface area contributed by atoms with Crippen molar-refractivity contribution in [1.82, 2.24) is 19.5 Å². The van der Waals surface area contributed by atoms with Crippen molar-refractivity contribution in [2.45, 2.75) is 49.4 Å². The number of nitrogens with zero attached hydrogens (tertiary/aromatic N) is 5. The van der Waals surface area contributed by atoms with Gasteiger partial charge in [0.2, 0.25) is 0 Å². The van der Waals surface area contributed by atoms with E-state index in [1.807, 2.05) is 42.5 Å². The molecule has 9 heteroatoms. The second kappa shape index (κ2) is 9.87. The Morgan fingerprint density at radius 1 is 1.08 bits per heavy atom. The molecule has 0 aliphatic heterocycles. The minimum absolute atomic E-state index is 0.150. The Bertz CT molecular complexity index is 1540. The molecule has 0 bridgehead atoms. The summed E-state index contributed by atoms with van der Waals surface area (Å²) in [5.74, 6) is -0.0883. The molecule has 3 heterocycles. The molecule has 6 rings (SSSR count). The summed E-state index contributed by atoms with van der Waals surface area (Å²) in [5, 5.41) is 10.00. The van der Waals surface area contributed by atoms with Gasteiger partial charge in [-0.25, -0.2) is 9.78 Å². The monoisotopic (exact) mass is 571 g/mol. The third kappa shape index (κ3) is 4.15. The van der Waals surface area contributed by atoms with Crippen molar-refractivity contribution in [3.63, 3.8) is 0 Å². The fourth-order valence-corrected chi connectivity index (χ4v) is 6.74. The quantitative estimate of drug-likeness (QED) is 0.318. The van der Waals surface area contributed by atoms with Crippen LogP contribution in [0.25, 0.3) is 28.1 Å². The van der Waals surface area contributed by atoms with Crippen LogP contribution in [0.3, 0.4) is 0 Å². The average molecular weight is 572 g/mol. The van der Waals surface area contributed by atoms with E-state index in [9.17, 15) is 14.7 Å². The Labute approximate surface area is 228 Å². The average Bonchev–Trinajstić information content (AvgIpc) is 3.35. The van der Waals surface area contributed by atoms with Gasteiger partial charge in [-0.05, 0) is 48.7 Å². The zero-order chi connectivity index (χ0) is 26.3. The number of carboxylic acid groups (broad SMARTS) is 1. The molecule has 2 aliphatic carbocycles. The second-order valence-corrected chi connectivity index (χ2v) is 10.9. The number of Topliss-reactive ketones (excluding diaryl/α,β-unsaturated/α-hetero) is 1. The lowest BCUT2D eigenvalue weighted by Gasteiger charge is -2.47. The number of rotatable bonds is 6. The summed E-state index contributed by atoms with van der Waals surface area (Å²) in [5.41, 5.74) is 4.46. The lowest BCUT2D eigenvalue weighted by Crippen LogP contribution is -2.61.